The molecule has 0 unspecified atom stereocenters. The third kappa shape index (κ3) is 5.24. The van der Waals surface area contributed by atoms with Gasteiger partial charge < -0.3 is 10.6 Å². The maximum atomic E-state index is 11.9. The predicted molar refractivity (Wildman–Crippen MR) is 88.6 cm³/mol. The third-order valence-electron chi connectivity index (χ3n) is 2.70. The first-order valence-corrected chi connectivity index (χ1v) is 6.03. The lowest BCUT2D eigenvalue weighted by molar-refractivity contribution is -0.116. The Morgan fingerprint density at radius 2 is 2.00 bits per heavy atom. The summed E-state index contributed by atoms with van der Waals surface area (Å²) in [4.78, 5) is 16.0. The van der Waals surface area contributed by atoms with Crippen LogP contribution in [-0.2, 0) is 11.3 Å². The number of carbonyl (C=O) groups is 1. The van der Waals surface area contributed by atoms with Crippen LogP contribution in [0.1, 0.15) is 11.4 Å². The Balaban J connectivity index is 0.00000200. The highest BCUT2D eigenvalue weighted by atomic mass is 35.5. The standard InChI is InChI=1S/C13H17N5O.2ClH/c1-9-6-10(2)18(17-9)8-13(19)16-11-4-5-12(14-3)15-7-11;;/h4-7H,8H2,1-3H3,(H,14,15)(H,16,19);2*1H. The van der Waals surface area contributed by atoms with E-state index in [9.17, 15) is 4.79 Å². The second-order valence-corrected chi connectivity index (χ2v) is 4.32. The number of carbonyl (C=O) groups excluding carboxylic acids is 1. The number of amides is 1. The molecule has 0 saturated carbocycles. The number of hydrogen-bond donors (Lipinski definition) is 2. The first-order valence-electron chi connectivity index (χ1n) is 6.03. The van der Waals surface area contributed by atoms with E-state index in [1.54, 1.807) is 30.1 Å². The van der Waals surface area contributed by atoms with Crippen molar-refractivity contribution in [3.05, 3.63) is 35.8 Å². The van der Waals surface area contributed by atoms with E-state index in [0.29, 0.717) is 5.69 Å². The minimum Gasteiger partial charge on any atom is -0.373 e. The number of anilines is 2. The van der Waals surface area contributed by atoms with Gasteiger partial charge in [0, 0.05) is 12.7 Å². The lowest BCUT2D eigenvalue weighted by atomic mass is 10.4. The number of pyridine rings is 1. The number of aromatic nitrogens is 3. The van der Waals surface area contributed by atoms with Gasteiger partial charge in [-0.1, -0.05) is 0 Å². The molecule has 2 heterocycles. The van der Waals surface area contributed by atoms with Gasteiger partial charge in [0.25, 0.3) is 0 Å². The highest BCUT2D eigenvalue weighted by Crippen LogP contribution is 2.09. The quantitative estimate of drug-likeness (QED) is 0.902. The van der Waals surface area contributed by atoms with Crippen molar-refractivity contribution in [3.63, 3.8) is 0 Å². The SMILES string of the molecule is CNc1ccc(NC(=O)Cn2nc(C)cc2C)cn1.Cl.Cl. The molecule has 0 aromatic carbocycles. The third-order valence-corrected chi connectivity index (χ3v) is 2.70. The molecule has 0 spiro atoms. The lowest BCUT2D eigenvalue weighted by Crippen LogP contribution is -2.20. The van der Waals surface area contributed by atoms with Crippen LogP contribution >= 0.6 is 24.8 Å². The number of nitrogens with one attached hydrogen (secondary N) is 2. The van der Waals surface area contributed by atoms with E-state index in [4.69, 9.17) is 0 Å². The topological polar surface area (TPSA) is 71.8 Å². The molecule has 0 bridgehead atoms. The van der Waals surface area contributed by atoms with Crippen LogP contribution in [0.5, 0.6) is 0 Å². The van der Waals surface area contributed by atoms with E-state index in [2.05, 4.69) is 20.7 Å². The molecule has 2 aromatic heterocycles. The number of halogens is 2. The van der Waals surface area contributed by atoms with Crippen LogP contribution in [0.15, 0.2) is 24.4 Å². The van der Waals surface area contributed by atoms with Gasteiger partial charge in [-0.15, -0.1) is 24.8 Å². The lowest BCUT2D eigenvalue weighted by Gasteiger charge is -2.07. The first-order chi connectivity index (χ1) is 9.08. The average molecular weight is 332 g/mol. The molecule has 1 amide bonds. The van der Waals surface area contributed by atoms with Crippen molar-refractivity contribution in [2.45, 2.75) is 20.4 Å². The van der Waals surface area contributed by atoms with Crippen LogP contribution in [0.2, 0.25) is 0 Å². The second kappa shape index (κ2) is 8.49. The van der Waals surface area contributed by atoms with Gasteiger partial charge >= 0.3 is 0 Å². The fraction of sp³-hybridized carbons (Fsp3) is 0.308. The van der Waals surface area contributed by atoms with Crippen molar-refractivity contribution in [3.8, 4) is 0 Å². The Hall–Kier alpha value is -1.79. The Bertz CT molecular complexity index is 583. The predicted octanol–water partition coefficient (Wildman–Crippen LogP) is 2.42. The maximum Gasteiger partial charge on any atom is 0.246 e. The first kappa shape index (κ1) is 19.2. The van der Waals surface area contributed by atoms with E-state index in [1.807, 2.05) is 19.9 Å². The van der Waals surface area contributed by atoms with Crippen molar-refractivity contribution < 1.29 is 4.79 Å². The van der Waals surface area contributed by atoms with E-state index >= 15 is 0 Å². The Morgan fingerprint density at radius 1 is 1.29 bits per heavy atom. The summed E-state index contributed by atoms with van der Waals surface area (Å²) < 4.78 is 1.68. The largest absolute Gasteiger partial charge is 0.373 e. The van der Waals surface area contributed by atoms with Gasteiger partial charge in [-0.05, 0) is 32.0 Å². The van der Waals surface area contributed by atoms with Gasteiger partial charge in [-0.25, -0.2) is 4.98 Å². The van der Waals surface area contributed by atoms with E-state index in [0.717, 1.165) is 17.2 Å². The average Bonchev–Trinajstić information content (AvgIpc) is 2.68. The van der Waals surface area contributed by atoms with Crippen LogP contribution in [0.3, 0.4) is 0 Å². The minimum atomic E-state index is -0.120. The Labute approximate surface area is 136 Å². The monoisotopic (exact) mass is 331 g/mol. The van der Waals surface area contributed by atoms with E-state index in [-0.39, 0.29) is 37.3 Å². The van der Waals surface area contributed by atoms with Crippen LogP contribution in [0.25, 0.3) is 0 Å². The molecule has 116 valence electrons. The molecule has 2 N–H and O–H groups in total. The molecule has 0 atom stereocenters. The number of hydrogen-bond acceptors (Lipinski definition) is 4. The fourth-order valence-electron chi connectivity index (χ4n) is 1.79. The molecule has 2 aromatic rings. The molecule has 0 fully saturated rings. The van der Waals surface area contributed by atoms with Crippen LogP contribution in [0.4, 0.5) is 11.5 Å². The van der Waals surface area contributed by atoms with Crippen molar-refractivity contribution >= 4 is 42.2 Å². The van der Waals surface area contributed by atoms with Crippen LogP contribution < -0.4 is 10.6 Å². The zero-order valence-electron chi connectivity index (χ0n) is 12.1. The highest BCUT2D eigenvalue weighted by Gasteiger charge is 2.07. The Morgan fingerprint density at radius 3 is 2.48 bits per heavy atom. The normalized spacial score (nSPS) is 9.29. The summed E-state index contributed by atoms with van der Waals surface area (Å²) in [5.74, 6) is 0.641. The van der Waals surface area contributed by atoms with Gasteiger partial charge in [-0.2, -0.15) is 5.10 Å². The molecule has 21 heavy (non-hydrogen) atoms. The van der Waals surface area contributed by atoms with Crippen molar-refractivity contribution in [2.75, 3.05) is 17.7 Å². The molecular formula is C13H19Cl2N5O. The van der Waals surface area contributed by atoms with Gasteiger partial charge in [0.1, 0.15) is 12.4 Å². The highest BCUT2D eigenvalue weighted by molar-refractivity contribution is 5.90. The number of nitrogens with zero attached hydrogens (tertiary/aromatic N) is 3. The van der Waals surface area contributed by atoms with Crippen molar-refractivity contribution in [1.82, 2.24) is 14.8 Å². The molecule has 0 aliphatic carbocycles. The fourth-order valence-corrected chi connectivity index (χ4v) is 1.79. The van der Waals surface area contributed by atoms with Crippen molar-refractivity contribution in [2.24, 2.45) is 0 Å². The summed E-state index contributed by atoms with van der Waals surface area (Å²) in [6.45, 7) is 4.03. The smallest absolute Gasteiger partial charge is 0.246 e. The summed E-state index contributed by atoms with van der Waals surface area (Å²) >= 11 is 0. The summed E-state index contributed by atoms with van der Waals surface area (Å²) in [6, 6.07) is 5.55. The van der Waals surface area contributed by atoms with Crippen molar-refractivity contribution in [1.29, 1.82) is 0 Å². The van der Waals surface area contributed by atoms with Gasteiger partial charge in [0.05, 0.1) is 17.6 Å². The molecule has 0 saturated heterocycles. The van der Waals surface area contributed by atoms with Crippen LogP contribution in [-0.4, -0.2) is 27.7 Å². The van der Waals surface area contributed by atoms with E-state index in [1.165, 1.54) is 0 Å². The molecule has 2 rings (SSSR count). The maximum absolute atomic E-state index is 11.9. The molecule has 0 aliphatic rings. The summed E-state index contributed by atoms with van der Waals surface area (Å²) in [6.07, 6.45) is 1.62. The zero-order chi connectivity index (χ0) is 13.8. The molecule has 8 heteroatoms. The van der Waals surface area contributed by atoms with Gasteiger partial charge in [0.15, 0.2) is 0 Å². The van der Waals surface area contributed by atoms with E-state index < -0.39 is 0 Å². The summed E-state index contributed by atoms with van der Waals surface area (Å²) in [5.41, 5.74) is 2.55. The van der Waals surface area contributed by atoms with Gasteiger partial charge in [-0.3, -0.25) is 9.48 Å². The zero-order valence-corrected chi connectivity index (χ0v) is 13.7. The van der Waals surface area contributed by atoms with Crippen LogP contribution in [0, 0.1) is 13.8 Å². The molecule has 0 radical (unpaired) electrons. The summed E-state index contributed by atoms with van der Waals surface area (Å²) in [5, 5.41) is 9.96. The van der Waals surface area contributed by atoms with Gasteiger partial charge in [0.2, 0.25) is 5.91 Å². The molecule has 0 aliphatic heterocycles. The molecule has 6 nitrogen and oxygen atoms in total. The molecular weight excluding hydrogens is 313 g/mol. The second-order valence-electron chi connectivity index (χ2n) is 4.32. The Kier molecular flexibility index (Phi) is 7.76. The number of aryl methyl sites for hydroxylation is 2. The minimum absolute atomic E-state index is 0. The number of rotatable bonds is 4. The summed E-state index contributed by atoms with van der Waals surface area (Å²) in [7, 11) is 1.80.